The SMILES string of the molecule is CCCC[C@H](CC(=O)[C@H](C)NC(=O)[C@H](CCCCN)CC(=O)[C@H](CCCN=C(N)N)NC(=O)[C@@H](CC(=O)[C@@H](C)CCCN=C(N)N)CC(C)C)C(=O)N[C@@H](Cc1ccccc1)C(=O)C[C@H](C(N)=O)[C@@H](C)CC. The third kappa shape index (κ3) is 26.1. The number of nitrogens with zero attached hydrogens (tertiary/aromatic N) is 2. The second-order valence-corrected chi connectivity index (χ2v) is 20.1. The molecule has 0 fully saturated rings. The van der Waals surface area contributed by atoms with Gasteiger partial charge in [0.1, 0.15) is 5.78 Å². The molecule has 0 unspecified atom stereocenters. The molecule has 0 saturated carbocycles. The van der Waals surface area contributed by atoms with Crippen LogP contribution in [0.4, 0.5) is 0 Å². The van der Waals surface area contributed by atoms with Gasteiger partial charge in [-0.1, -0.05) is 97.6 Å². The van der Waals surface area contributed by atoms with E-state index in [1.54, 1.807) is 6.92 Å². The lowest BCUT2D eigenvalue weighted by atomic mass is 9.84. The summed E-state index contributed by atoms with van der Waals surface area (Å²) in [5.41, 5.74) is 34.3. The van der Waals surface area contributed by atoms with E-state index in [4.69, 9.17) is 34.4 Å². The van der Waals surface area contributed by atoms with Crippen LogP contribution in [0.2, 0.25) is 0 Å². The van der Waals surface area contributed by atoms with Gasteiger partial charge in [-0.3, -0.25) is 48.3 Å². The van der Waals surface area contributed by atoms with Gasteiger partial charge >= 0.3 is 0 Å². The van der Waals surface area contributed by atoms with Crippen molar-refractivity contribution in [3.63, 3.8) is 0 Å². The van der Waals surface area contributed by atoms with Gasteiger partial charge in [0.25, 0.3) is 0 Å². The number of guanidine groups is 2. The van der Waals surface area contributed by atoms with Gasteiger partial charge < -0.3 is 50.4 Å². The van der Waals surface area contributed by atoms with E-state index in [1.807, 2.05) is 65.0 Å². The number of amides is 4. The van der Waals surface area contributed by atoms with E-state index >= 15 is 0 Å². The molecule has 0 aliphatic rings. The van der Waals surface area contributed by atoms with Crippen molar-refractivity contribution in [2.75, 3.05) is 19.6 Å². The molecule has 0 spiro atoms. The van der Waals surface area contributed by atoms with E-state index in [9.17, 15) is 38.4 Å². The van der Waals surface area contributed by atoms with Crippen molar-refractivity contribution >= 4 is 58.7 Å². The van der Waals surface area contributed by atoms with Crippen molar-refractivity contribution in [2.24, 2.45) is 85.8 Å². The molecule has 19 heteroatoms. The van der Waals surface area contributed by atoms with E-state index in [0.29, 0.717) is 70.9 Å². The van der Waals surface area contributed by atoms with Gasteiger partial charge in [-0.15, -0.1) is 0 Å². The summed E-state index contributed by atoms with van der Waals surface area (Å²) in [5.74, 6) is -7.10. The van der Waals surface area contributed by atoms with E-state index in [-0.39, 0.29) is 92.7 Å². The minimum atomic E-state index is -1.05. The smallest absolute Gasteiger partial charge is 0.224 e. The summed E-state index contributed by atoms with van der Waals surface area (Å²) in [6, 6.07) is 6.11. The molecule has 4 amide bonds. The third-order valence-electron chi connectivity index (χ3n) is 13.4. The zero-order valence-corrected chi connectivity index (χ0v) is 44.4. The Bertz CT molecular complexity index is 1920. The maximum absolute atomic E-state index is 14.3. The Kier molecular flexibility index (Phi) is 31.6. The molecule has 15 N–H and O–H groups in total. The van der Waals surface area contributed by atoms with Crippen LogP contribution in [0, 0.1) is 41.4 Å². The van der Waals surface area contributed by atoms with E-state index in [1.165, 1.54) is 6.92 Å². The average molecular weight is 1010 g/mol. The zero-order valence-electron chi connectivity index (χ0n) is 44.4. The molecular formula is C53H91N11O8. The Balaban J connectivity index is 3.37. The van der Waals surface area contributed by atoms with Crippen molar-refractivity contribution in [3.8, 4) is 0 Å². The quantitative estimate of drug-likeness (QED) is 0.0258. The molecule has 0 saturated heterocycles. The number of nitrogens with one attached hydrogen (secondary N) is 3. The topological polar surface area (TPSA) is 353 Å². The molecule has 0 aliphatic carbocycles. The molecule has 1 rings (SSSR count). The molecule has 1 aromatic carbocycles. The second kappa shape index (κ2) is 35.4. The van der Waals surface area contributed by atoms with Crippen LogP contribution >= 0.6 is 0 Å². The largest absolute Gasteiger partial charge is 0.370 e. The van der Waals surface area contributed by atoms with Gasteiger partial charge in [0.05, 0.1) is 18.1 Å². The first-order chi connectivity index (χ1) is 34.0. The molecule has 0 heterocycles. The number of carbonyl (C=O) groups excluding carboxylic acids is 8. The molecule has 0 aliphatic heterocycles. The number of hydrogen-bond acceptors (Lipinski definition) is 11. The van der Waals surface area contributed by atoms with Gasteiger partial charge in [0, 0.05) is 68.4 Å². The molecular weight excluding hydrogens is 919 g/mol. The third-order valence-corrected chi connectivity index (χ3v) is 13.4. The second-order valence-electron chi connectivity index (χ2n) is 20.1. The molecule has 406 valence electrons. The van der Waals surface area contributed by atoms with Crippen molar-refractivity contribution < 1.29 is 38.4 Å². The number of ketones is 4. The number of carbonyl (C=O) groups is 8. The minimum Gasteiger partial charge on any atom is -0.370 e. The van der Waals surface area contributed by atoms with Gasteiger partial charge in [-0.05, 0) is 88.7 Å². The first-order valence-corrected chi connectivity index (χ1v) is 26.2. The Morgan fingerprint density at radius 2 is 1.07 bits per heavy atom. The van der Waals surface area contributed by atoms with Crippen LogP contribution in [0.5, 0.6) is 0 Å². The number of primary amides is 1. The van der Waals surface area contributed by atoms with Crippen molar-refractivity contribution in [1.29, 1.82) is 0 Å². The highest BCUT2D eigenvalue weighted by Crippen LogP contribution is 2.24. The number of unbranched alkanes of at least 4 members (excludes halogenated alkanes) is 2. The lowest BCUT2D eigenvalue weighted by molar-refractivity contribution is -0.136. The fourth-order valence-electron chi connectivity index (χ4n) is 8.63. The maximum Gasteiger partial charge on any atom is 0.224 e. The predicted molar refractivity (Wildman–Crippen MR) is 284 cm³/mol. The molecule has 19 nitrogen and oxygen atoms in total. The van der Waals surface area contributed by atoms with Gasteiger partial charge in [0.15, 0.2) is 29.3 Å². The Labute approximate surface area is 428 Å². The molecule has 9 atom stereocenters. The molecule has 72 heavy (non-hydrogen) atoms. The Morgan fingerprint density at radius 3 is 1.61 bits per heavy atom. The highest BCUT2D eigenvalue weighted by atomic mass is 16.2. The highest BCUT2D eigenvalue weighted by Gasteiger charge is 2.35. The van der Waals surface area contributed by atoms with Gasteiger partial charge in [0.2, 0.25) is 23.6 Å². The van der Waals surface area contributed by atoms with E-state index in [2.05, 4.69) is 25.9 Å². The normalized spacial score (nSPS) is 15.0. The number of nitrogens with two attached hydrogens (primary N) is 6. The molecule has 0 bridgehead atoms. The maximum atomic E-state index is 14.3. The summed E-state index contributed by atoms with van der Waals surface area (Å²) in [7, 11) is 0. The van der Waals surface area contributed by atoms with E-state index in [0.717, 1.165) is 12.0 Å². The van der Waals surface area contributed by atoms with Crippen LogP contribution in [0.25, 0.3) is 0 Å². The van der Waals surface area contributed by atoms with Gasteiger partial charge in [-0.25, -0.2) is 0 Å². The Morgan fingerprint density at radius 1 is 0.556 bits per heavy atom. The standard InChI is InChI=1S/C53H91N11O8/c1-8-10-21-38(50(71)64-43(28-37-19-12-11-13-20-37)47(68)32-41(48(55)69)34(5)9-2)29-45(66)36(7)62-49(70)39(22-14-15-24-54)30-46(67)42(23-17-26-61-53(58)59)63-51(72)40(27-33(3)4)31-44(65)35(6)18-16-25-60-52(56)57/h11-13,19-20,33-36,38-43H,8-10,14-18,21-32,54H2,1-7H3,(H2,55,69)(H,62,70)(H,63,72)(H,64,71)(H4,56,57,60)(H4,58,59,61)/t34-,35-,36-,38+,39+,40+,41-,42-,43-/m0/s1. The number of aliphatic imine (C=N–C) groups is 2. The summed E-state index contributed by atoms with van der Waals surface area (Å²) >= 11 is 0. The lowest BCUT2D eigenvalue weighted by Crippen LogP contribution is -2.48. The predicted octanol–water partition coefficient (Wildman–Crippen LogP) is 3.65. The van der Waals surface area contributed by atoms with Crippen LogP contribution in [0.3, 0.4) is 0 Å². The van der Waals surface area contributed by atoms with Crippen LogP contribution in [0.15, 0.2) is 40.3 Å². The molecule has 1 aromatic rings. The molecule has 0 radical (unpaired) electrons. The summed E-state index contributed by atoms with van der Waals surface area (Å²) < 4.78 is 0. The van der Waals surface area contributed by atoms with Crippen LogP contribution < -0.4 is 50.4 Å². The highest BCUT2D eigenvalue weighted by molar-refractivity contribution is 5.97. The van der Waals surface area contributed by atoms with Crippen molar-refractivity contribution in [2.45, 2.75) is 176 Å². The van der Waals surface area contributed by atoms with E-state index < -0.39 is 77.0 Å². The van der Waals surface area contributed by atoms with Crippen molar-refractivity contribution in [1.82, 2.24) is 16.0 Å². The first-order valence-electron chi connectivity index (χ1n) is 26.2. The Hall–Kier alpha value is -5.72. The van der Waals surface area contributed by atoms with Gasteiger partial charge in [-0.2, -0.15) is 0 Å². The first kappa shape index (κ1) is 64.3. The average Bonchev–Trinajstić information content (AvgIpc) is 3.32. The summed E-state index contributed by atoms with van der Waals surface area (Å²) in [6.07, 6.45) is 5.17. The summed E-state index contributed by atoms with van der Waals surface area (Å²) in [4.78, 5) is 118. The number of Topliss-reactive ketones (excluding diaryl/α,β-unsaturated/α-hetero) is 4. The zero-order chi connectivity index (χ0) is 54.3. The fraction of sp³-hybridized carbons (Fsp3) is 0.698. The van der Waals surface area contributed by atoms with Crippen LogP contribution in [-0.2, 0) is 44.8 Å². The number of rotatable bonds is 40. The van der Waals surface area contributed by atoms with Crippen LogP contribution in [-0.4, -0.2) is 96.4 Å². The minimum absolute atomic E-state index is 0.0262. The summed E-state index contributed by atoms with van der Waals surface area (Å²) in [5, 5.41) is 8.63. The van der Waals surface area contributed by atoms with Crippen molar-refractivity contribution in [3.05, 3.63) is 35.9 Å². The summed E-state index contributed by atoms with van der Waals surface area (Å²) in [6.45, 7) is 13.9. The number of hydrogen-bond donors (Lipinski definition) is 9. The lowest BCUT2D eigenvalue weighted by Gasteiger charge is -2.26. The number of benzene rings is 1. The van der Waals surface area contributed by atoms with Crippen LogP contribution in [0.1, 0.15) is 157 Å². The fourth-order valence-corrected chi connectivity index (χ4v) is 8.63. The monoisotopic (exact) mass is 1010 g/mol. The molecule has 0 aromatic heterocycles.